The summed E-state index contributed by atoms with van der Waals surface area (Å²) in [6, 6.07) is 5.97. The summed E-state index contributed by atoms with van der Waals surface area (Å²) in [6.45, 7) is 1.91. The molecule has 0 heterocycles. The van der Waals surface area contributed by atoms with Gasteiger partial charge < -0.3 is 14.8 Å². The summed E-state index contributed by atoms with van der Waals surface area (Å²) in [5.41, 5.74) is 1.19. The Balaban J connectivity index is 2.36. The third-order valence-corrected chi connectivity index (χ3v) is 3.39. The van der Waals surface area contributed by atoms with Crippen molar-refractivity contribution in [3.8, 4) is 11.5 Å². The smallest absolute Gasteiger partial charge is 0.122 e. The van der Waals surface area contributed by atoms with Crippen molar-refractivity contribution < 1.29 is 9.47 Å². The van der Waals surface area contributed by atoms with Gasteiger partial charge in [0.2, 0.25) is 0 Å². The fraction of sp³-hybridized carbons (Fsp3) is 0.571. The standard InChI is InChI=1S/C14H23NO2S/c1-16-13-8-12(9-14(10-13)17-2)11-15-6-4-5-7-18-3/h8-10,15H,4-7,11H2,1-3H3. The third-order valence-electron chi connectivity index (χ3n) is 2.69. The molecule has 0 saturated carbocycles. The van der Waals surface area contributed by atoms with E-state index in [-0.39, 0.29) is 0 Å². The molecule has 1 N–H and O–H groups in total. The van der Waals surface area contributed by atoms with Crippen LogP contribution < -0.4 is 14.8 Å². The molecule has 0 spiro atoms. The molecule has 0 amide bonds. The van der Waals surface area contributed by atoms with Gasteiger partial charge in [-0.05, 0) is 49.1 Å². The molecule has 0 fully saturated rings. The first-order valence-electron chi connectivity index (χ1n) is 6.21. The van der Waals surface area contributed by atoms with Crippen molar-refractivity contribution in [2.75, 3.05) is 32.8 Å². The summed E-state index contributed by atoms with van der Waals surface area (Å²) in [4.78, 5) is 0. The molecule has 0 unspecified atom stereocenters. The van der Waals surface area contributed by atoms with Crippen molar-refractivity contribution in [2.24, 2.45) is 0 Å². The number of benzene rings is 1. The SMILES string of the molecule is COc1cc(CNCCCCSC)cc(OC)c1. The normalized spacial score (nSPS) is 10.4. The number of rotatable bonds is 9. The number of methoxy groups -OCH3 is 2. The van der Waals surface area contributed by atoms with E-state index in [1.807, 2.05) is 30.0 Å². The molecular weight excluding hydrogens is 246 g/mol. The second kappa shape index (κ2) is 9.11. The second-order valence-electron chi connectivity index (χ2n) is 4.10. The molecule has 4 heteroatoms. The zero-order valence-corrected chi connectivity index (χ0v) is 12.3. The largest absolute Gasteiger partial charge is 0.497 e. The molecule has 0 saturated heterocycles. The molecule has 18 heavy (non-hydrogen) atoms. The van der Waals surface area contributed by atoms with Crippen LogP contribution in [0, 0.1) is 0 Å². The van der Waals surface area contributed by atoms with Crippen molar-refractivity contribution in [2.45, 2.75) is 19.4 Å². The highest BCUT2D eigenvalue weighted by Crippen LogP contribution is 2.22. The van der Waals surface area contributed by atoms with Crippen molar-refractivity contribution in [1.82, 2.24) is 5.32 Å². The fourth-order valence-corrected chi connectivity index (χ4v) is 2.19. The van der Waals surface area contributed by atoms with Crippen LogP contribution in [0.15, 0.2) is 18.2 Å². The van der Waals surface area contributed by atoms with E-state index in [0.29, 0.717) is 0 Å². The summed E-state index contributed by atoms with van der Waals surface area (Å²) in [7, 11) is 3.35. The first-order valence-corrected chi connectivity index (χ1v) is 7.61. The monoisotopic (exact) mass is 269 g/mol. The summed E-state index contributed by atoms with van der Waals surface area (Å²) in [6.07, 6.45) is 4.65. The minimum Gasteiger partial charge on any atom is -0.497 e. The van der Waals surface area contributed by atoms with Gasteiger partial charge in [-0.1, -0.05) is 0 Å². The molecule has 0 bridgehead atoms. The summed E-state index contributed by atoms with van der Waals surface area (Å²) >= 11 is 1.91. The van der Waals surface area contributed by atoms with Gasteiger partial charge in [0, 0.05) is 12.6 Å². The number of hydrogen-bond donors (Lipinski definition) is 1. The minimum atomic E-state index is 0.841. The van der Waals surface area contributed by atoms with Gasteiger partial charge >= 0.3 is 0 Å². The van der Waals surface area contributed by atoms with E-state index in [0.717, 1.165) is 24.6 Å². The van der Waals surface area contributed by atoms with Gasteiger partial charge in [-0.3, -0.25) is 0 Å². The summed E-state index contributed by atoms with van der Waals surface area (Å²) < 4.78 is 10.5. The van der Waals surface area contributed by atoms with Gasteiger partial charge in [-0.2, -0.15) is 11.8 Å². The second-order valence-corrected chi connectivity index (χ2v) is 5.08. The van der Waals surface area contributed by atoms with E-state index < -0.39 is 0 Å². The molecule has 102 valence electrons. The van der Waals surface area contributed by atoms with Crippen LogP contribution in [0.2, 0.25) is 0 Å². The Labute approximate surface area is 114 Å². The molecular formula is C14H23NO2S. The van der Waals surface area contributed by atoms with Crippen LogP contribution in [0.1, 0.15) is 18.4 Å². The fourth-order valence-electron chi connectivity index (χ4n) is 1.70. The van der Waals surface area contributed by atoms with E-state index in [4.69, 9.17) is 9.47 Å². The van der Waals surface area contributed by atoms with Gasteiger partial charge in [0.25, 0.3) is 0 Å². The first kappa shape index (κ1) is 15.2. The van der Waals surface area contributed by atoms with E-state index in [1.54, 1.807) is 14.2 Å². The average Bonchev–Trinajstić information content (AvgIpc) is 2.42. The lowest BCUT2D eigenvalue weighted by Gasteiger charge is -2.09. The Morgan fingerprint density at radius 3 is 2.28 bits per heavy atom. The number of thioether (sulfide) groups is 1. The molecule has 3 nitrogen and oxygen atoms in total. The minimum absolute atomic E-state index is 0.841. The van der Waals surface area contributed by atoms with Gasteiger partial charge in [0.05, 0.1) is 14.2 Å². The Kier molecular flexibility index (Phi) is 7.69. The van der Waals surface area contributed by atoms with E-state index >= 15 is 0 Å². The lowest BCUT2D eigenvalue weighted by molar-refractivity contribution is 0.393. The summed E-state index contributed by atoms with van der Waals surface area (Å²) in [5, 5.41) is 3.44. The number of nitrogens with one attached hydrogen (secondary N) is 1. The molecule has 0 aliphatic rings. The molecule has 0 aliphatic heterocycles. The lowest BCUT2D eigenvalue weighted by Crippen LogP contribution is -2.15. The maximum absolute atomic E-state index is 5.25. The Morgan fingerprint density at radius 1 is 1.06 bits per heavy atom. The van der Waals surface area contributed by atoms with Crippen LogP contribution >= 0.6 is 11.8 Å². The van der Waals surface area contributed by atoms with Crippen molar-refractivity contribution in [1.29, 1.82) is 0 Å². The zero-order valence-electron chi connectivity index (χ0n) is 11.5. The van der Waals surface area contributed by atoms with Crippen LogP contribution in [-0.4, -0.2) is 32.8 Å². The number of unbranched alkanes of at least 4 members (excludes halogenated alkanes) is 1. The van der Waals surface area contributed by atoms with Gasteiger partial charge in [-0.25, -0.2) is 0 Å². The molecule has 1 aromatic rings. The van der Waals surface area contributed by atoms with E-state index in [2.05, 4.69) is 11.6 Å². The maximum atomic E-state index is 5.25. The molecule has 0 radical (unpaired) electrons. The van der Waals surface area contributed by atoms with Crippen LogP contribution in [0.25, 0.3) is 0 Å². The van der Waals surface area contributed by atoms with Gasteiger partial charge in [-0.15, -0.1) is 0 Å². The predicted molar refractivity (Wildman–Crippen MR) is 78.9 cm³/mol. The van der Waals surface area contributed by atoms with E-state index in [1.165, 1.54) is 24.2 Å². The molecule has 1 aromatic carbocycles. The average molecular weight is 269 g/mol. The number of ether oxygens (including phenoxy) is 2. The first-order chi connectivity index (χ1) is 8.80. The van der Waals surface area contributed by atoms with Gasteiger partial charge in [0.15, 0.2) is 0 Å². The van der Waals surface area contributed by atoms with Crippen LogP contribution in [0.5, 0.6) is 11.5 Å². The maximum Gasteiger partial charge on any atom is 0.122 e. The van der Waals surface area contributed by atoms with Crippen molar-refractivity contribution in [3.05, 3.63) is 23.8 Å². The molecule has 0 atom stereocenters. The van der Waals surface area contributed by atoms with Crippen LogP contribution in [0.4, 0.5) is 0 Å². The van der Waals surface area contributed by atoms with Gasteiger partial charge in [0.1, 0.15) is 11.5 Å². The molecule has 0 aliphatic carbocycles. The van der Waals surface area contributed by atoms with Crippen LogP contribution in [0.3, 0.4) is 0 Å². The summed E-state index contributed by atoms with van der Waals surface area (Å²) in [5.74, 6) is 2.93. The number of hydrogen-bond acceptors (Lipinski definition) is 4. The topological polar surface area (TPSA) is 30.5 Å². The quantitative estimate of drug-likeness (QED) is 0.698. The zero-order chi connectivity index (χ0) is 13.2. The van der Waals surface area contributed by atoms with Crippen molar-refractivity contribution in [3.63, 3.8) is 0 Å². The highest BCUT2D eigenvalue weighted by atomic mass is 32.2. The molecule has 0 aromatic heterocycles. The highest BCUT2D eigenvalue weighted by molar-refractivity contribution is 7.98. The Hall–Kier alpha value is -0.870. The lowest BCUT2D eigenvalue weighted by atomic mass is 10.2. The van der Waals surface area contributed by atoms with E-state index in [9.17, 15) is 0 Å². The van der Waals surface area contributed by atoms with Crippen molar-refractivity contribution >= 4 is 11.8 Å². The Bertz CT molecular complexity index is 322. The van der Waals surface area contributed by atoms with Crippen LogP contribution in [-0.2, 0) is 6.54 Å². The predicted octanol–water partition coefficient (Wildman–Crippen LogP) is 2.94. The third kappa shape index (κ3) is 5.65. The highest BCUT2D eigenvalue weighted by Gasteiger charge is 2.01. The Morgan fingerprint density at radius 2 is 1.72 bits per heavy atom. The molecule has 1 rings (SSSR count).